The molecule has 0 aromatic carbocycles. The zero-order chi connectivity index (χ0) is 4.83. The van der Waals surface area contributed by atoms with Crippen molar-refractivity contribution in [2.75, 3.05) is 13.5 Å². The van der Waals surface area contributed by atoms with Crippen molar-refractivity contribution >= 4 is 0 Å². The van der Waals surface area contributed by atoms with Crippen molar-refractivity contribution in [3.8, 4) is 0 Å². The Labute approximate surface area is 36.4 Å². The van der Waals surface area contributed by atoms with Gasteiger partial charge in [-0.25, -0.2) is 4.39 Å². The molecule has 0 aliphatic rings. The minimum atomic E-state index is -0.716. The fourth-order valence-electron chi connectivity index (χ4n) is 0.128. The lowest BCUT2D eigenvalue weighted by Crippen LogP contribution is -1.84. The summed E-state index contributed by atoms with van der Waals surface area (Å²) in [4.78, 5) is 0. The monoisotopic (exact) mass is 92.1 g/mol. The molecule has 0 amide bonds. The standard InChI is InChI=1S/C4H7FO/c1-2-3-6-4-5/h2H,1,3-4H2/i4+2. The van der Waals surface area contributed by atoms with E-state index in [2.05, 4.69) is 11.3 Å². The SMILES string of the molecule is C=CCO[14CH2]F. The van der Waals surface area contributed by atoms with Crippen LogP contribution < -0.4 is 0 Å². The third kappa shape index (κ3) is 3.63. The second kappa shape index (κ2) is 4.63. The number of ether oxygens (including phenoxy) is 1. The smallest absolute Gasteiger partial charge is 0.188 e. The Hall–Kier alpha value is -0.370. The summed E-state index contributed by atoms with van der Waals surface area (Å²) in [5.41, 5.74) is 0. The van der Waals surface area contributed by atoms with Gasteiger partial charge < -0.3 is 4.74 Å². The minimum absolute atomic E-state index is 0.302. The summed E-state index contributed by atoms with van der Waals surface area (Å²) in [6.07, 6.45) is 1.50. The molecule has 6 heavy (non-hydrogen) atoms. The van der Waals surface area contributed by atoms with Gasteiger partial charge in [0.25, 0.3) is 0 Å². The summed E-state index contributed by atoms with van der Waals surface area (Å²) in [7, 11) is 0. The van der Waals surface area contributed by atoms with Crippen molar-refractivity contribution in [1.82, 2.24) is 0 Å². The average Bonchev–Trinajstić information content (AvgIpc) is 1.61. The first kappa shape index (κ1) is 5.63. The maximum Gasteiger partial charge on any atom is 0.188 e. The minimum Gasteiger partial charge on any atom is -0.346 e. The predicted octanol–water partition coefficient (Wildman–Crippen LogP) is 1.12. The number of alkyl halides is 1. The quantitative estimate of drug-likeness (QED) is 0.374. The highest BCUT2D eigenvalue weighted by atomic mass is 19.2. The summed E-state index contributed by atoms with van der Waals surface area (Å²) < 4.78 is 15.1. The molecule has 0 aliphatic carbocycles. The fourth-order valence-corrected chi connectivity index (χ4v) is 0.128. The van der Waals surface area contributed by atoms with Gasteiger partial charge in [-0.3, -0.25) is 0 Å². The Kier molecular flexibility index (Phi) is 4.34. The van der Waals surface area contributed by atoms with E-state index in [4.69, 9.17) is 0 Å². The van der Waals surface area contributed by atoms with Crippen LogP contribution in [0.5, 0.6) is 0 Å². The van der Waals surface area contributed by atoms with E-state index in [1.807, 2.05) is 0 Å². The molecule has 0 aromatic rings. The second-order valence-electron chi connectivity index (χ2n) is 0.769. The van der Waals surface area contributed by atoms with E-state index in [0.717, 1.165) is 0 Å². The van der Waals surface area contributed by atoms with Crippen molar-refractivity contribution in [3.05, 3.63) is 12.7 Å². The molecule has 36 valence electrons. The van der Waals surface area contributed by atoms with E-state index in [1.54, 1.807) is 0 Å². The van der Waals surface area contributed by atoms with Crippen LogP contribution in [0.4, 0.5) is 4.39 Å². The molecule has 1 nitrogen and oxygen atoms in total. The van der Waals surface area contributed by atoms with Crippen molar-refractivity contribution < 1.29 is 9.13 Å². The van der Waals surface area contributed by atoms with Crippen LogP contribution >= 0.6 is 0 Å². The lowest BCUT2D eigenvalue weighted by Gasteiger charge is -1.85. The number of rotatable bonds is 3. The molecular formula is C4H7FO. The van der Waals surface area contributed by atoms with Crippen molar-refractivity contribution in [1.29, 1.82) is 0 Å². The van der Waals surface area contributed by atoms with Gasteiger partial charge in [-0.15, -0.1) is 6.58 Å². The van der Waals surface area contributed by atoms with E-state index >= 15 is 0 Å². The molecule has 0 spiro atoms. The zero-order valence-corrected chi connectivity index (χ0v) is 3.48. The van der Waals surface area contributed by atoms with Crippen LogP contribution in [-0.2, 0) is 4.74 Å². The Bertz CT molecular complexity index is 36.5. The molecule has 0 rings (SSSR count). The highest BCUT2D eigenvalue weighted by Gasteiger charge is 1.70. The van der Waals surface area contributed by atoms with Crippen LogP contribution in [0.1, 0.15) is 0 Å². The lowest BCUT2D eigenvalue weighted by molar-refractivity contribution is 0.0779. The van der Waals surface area contributed by atoms with Gasteiger partial charge in [0, 0.05) is 0 Å². The molecule has 0 fully saturated rings. The summed E-state index contributed by atoms with van der Waals surface area (Å²) in [5.74, 6) is 0. The Morgan fingerprint density at radius 3 is 2.83 bits per heavy atom. The van der Waals surface area contributed by atoms with Gasteiger partial charge in [0.2, 0.25) is 0 Å². The second-order valence-corrected chi connectivity index (χ2v) is 0.769. The molecule has 0 unspecified atom stereocenters. The first-order valence-electron chi connectivity index (χ1n) is 1.66. The van der Waals surface area contributed by atoms with E-state index in [9.17, 15) is 4.39 Å². The Balaban J connectivity index is 2.49. The summed E-state index contributed by atoms with van der Waals surface area (Å²) in [6, 6.07) is 0. The number of hydrogen-bond donors (Lipinski definition) is 0. The maximum absolute atomic E-state index is 10.9. The average molecular weight is 92.1 g/mol. The highest BCUT2D eigenvalue weighted by molar-refractivity contribution is 4.62. The molecule has 0 aliphatic heterocycles. The molecule has 0 saturated heterocycles. The van der Waals surface area contributed by atoms with Crippen LogP contribution in [0, 0.1) is 0 Å². The first-order valence-corrected chi connectivity index (χ1v) is 1.66. The van der Waals surface area contributed by atoms with Crippen LogP contribution in [0.3, 0.4) is 0 Å². The van der Waals surface area contributed by atoms with E-state index in [1.165, 1.54) is 6.08 Å². The van der Waals surface area contributed by atoms with E-state index < -0.39 is 6.86 Å². The predicted molar refractivity (Wildman–Crippen MR) is 22.1 cm³/mol. The number of halogens is 1. The topological polar surface area (TPSA) is 9.23 Å². The first-order chi connectivity index (χ1) is 2.91. The molecule has 0 atom stereocenters. The van der Waals surface area contributed by atoms with E-state index in [0.29, 0.717) is 6.61 Å². The third-order valence-electron chi connectivity index (χ3n) is 0.313. The van der Waals surface area contributed by atoms with Gasteiger partial charge in [-0.2, -0.15) is 0 Å². The Morgan fingerprint density at radius 1 is 2.00 bits per heavy atom. The van der Waals surface area contributed by atoms with Crippen molar-refractivity contribution in [2.45, 2.75) is 0 Å². The van der Waals surface area contributed by atoms with Crippen LogP contribution in [0.25, 0.3) is 0 Å². The van der Waals surface area contributed by atoms with Crippen molar-refractivity contribution in [2.24, 2.45) is 0 Å². The molecule has 0 radical (unpaired) electrons. The van der Waals surface area contributed by atoms with Gasteiger partial charge in [-0.05, 0) is 0 Å². The molecule has 0 bridgehead atoms. The molecule has 0 aromatic heterocycles. The summed E-state index contributed by atoms with van der Waals surface area (Å²) in [6.45, 7) is 2.89. The molecular weight excluding hydrogens is 85.0 g/mol. The van der Waals surface area contributed by atoms with Crippen LogP contribution in [0.2, 0.25) is 0 Å². The lowest BCUT2D eigenvalue weighted by atomic mass is 10.7. The fraction of sp³-hybridized carbons (Fsp3) is 0.500. The molecule has 0 heterocycles. The third-order valence-corrected chi connectivity index (χ3v) is 0.313. The van der Waals surface area contributed by atoms with Gasteiger partial charge >= 0.3 is 0 Å². The zero-order valence-electron chi connectivity index (χ0n) is 3.48. The molecule has 0 N–H and O–H groups in total. The number of hydrogen-bond acceptors (Lipinski definition) is 1. The van der Waals surface area contributed by atoms with Gasteiger partial charge in [0.05, 0.1) is 6.61 Å². The van der Waals surface area contributed by atoms with Gasteiger partial charge in [0.1, 0.15) is 0 Å². The summed E-state index contributed by atoms with van der Waals surface area (Å²) >= 11 is 0. The summed E-state index contributed by atoms with van der Waals surface area (Å²) in [5, 5.41) is 0. The highest BCUT2D eigenvalue weighted by Crippen LogP contribution is 1.71. The van der Waals surface area contributed by atoms with Crippen molar-refractivity contribution in [3.63, 3.8) is 0 Å². The van der Waals surface area contributed by atoms with E-state index in [-0.39, 0.29) is 0 Å². The normalized spacial score (nSPS) is 8.17. The van der Waals surface area contributed by atoms with Crippen LogP contribution in [0.15, 0.2) is 12.7 Å². The van der Waals surface area contributed by atoms with Gasteiger partial charge in [0.15, 0.2) is 6.86 Å². The van der Waals surface area contributed by atoms with Crippen LogP contribution in [-0.4, -0.2) is 13.5 Å². The van der Waals surface area contributed by atoms with Gasteiger partial charge in [-0.1, -0.05) is 6.08 Å². The Morgan fingerprint density at radius 2 is 2.67 bits per heavy atom. The molecule has 0 saturated carbocycles. The largest absolute Gasteiger partial charge is 0.346 e. The maximum atomic E-state index is 10.9. The molecule has 2 heteroatoms.